The predicted octanol–water partition coefficient (Wildman–Crippen LogP) is 11.6. The number of halogens is 3. The number of unbranched alkanes of at least 4 members (excludes halogenated alkanes) is 15. The maximum Gasteiger partial charge on any atom is 0.500 e. The van der Waals surface area contributed by atoms with Crippen molar-refractivity contribution in [2.24, 2.45) is 0 Å². The average Bonchev–Trinajstić information content (AvgIpc) is 2.93. The summed E-state index contributed by atoms with van der Waals surface area (Å²) < 4.78 is 17.8. The lowest BCUT2D eigenvalue weighted by Crippen LogP contribution is -2.45. The summed E-state index contributed by atoms with van der Waals surface area (Å²) in [4.78, 5) is 4.13. The van der Waals surface area contributed by atoms with E-state index in [1.165, 1.54) is 103 Å². The lowest BCUT2D eigenvalue weighted by atomic mass is 10.0. The molecule has 0 bridgehead atoms. The third kappa shape index (κ3) is 26.0. The van der Waals surface area contributed by atoms with Crippen LogP contribution in [0, 0.1) is 0 Å². The summed E-state index contributed by atoms with van der Waals surface area (Å²) in [5.41, 5.74) is 0.983. The minimum absolute atomic E-state index is 0.634. The van der Waals surface area contributed by atoms with Crippen LogP contribution in [0.15, 0.2) is 24.4 Å². The largest absolute Gasteiger partial charge is 0.500 e. The SMILES string of the molecule is CCCCCCCCCCCCCCCCCC[Si](OCC)(OCC)OCC.Cl[Si](Cl)(Cl)CCc1ccccn1. The molecule has 40 heavy (non-hydrogen) atoms. The molecular weight excluding hydrogens is 597 g/mol. The molecule has 0 aliphatic rings. The molecule has 0 atom stereocenters. The molecular formula is C31H60Cl3NO3Si2. The fourth-order valence-corrected chi connectivity index (χ4v) is 8.78. The highest BCUT2D eigenvalue weighted by Gasteiger charge is 2.39. The van der Waals surface area contributed by atoms with E-state index in [0.29, 0.717) is 25.9 Å². The quantitative estimate of drug-likeness (QED) is 0.0565. The summed E-state index contributed by atoms with van der Waals surface area (Å²) in [5.74, 6) is 0. The average molecular weight is 657 g/mol. The van der Waals surface area contributed by atoms with Gasteiger partial charge in [0.15, 0.2) is 0 Å². The Morgan fingerprint density at radius 1 is 0.575 bits per heavy atom. The van der Waals surface area contributed by atoms with Crippen LogP contribution in [0.3, 0.4) is 0 Å². The van der Waals surface area contributed by atoms with Crippen LogP contribution in [-0.4, -0.2) is 39.6 Å². The van der Waals surface area contributed by atoms with Crippen LogP contribution in [-0.2, 0) is 19.7 Å². The summed E-state index contributed by atoms with van der Waals surface area (Å²) >= 11 is 17.2. The summed E-state index contributed by atoms with van der Waals surface area (Å²) in [6.45, 7) is 10.5. The lowest BCUT2D eigenvalue weighted by molar-refractivity contribution is 0.0706. The second kappa shape index (κ2) is 28.1. The van der Waals surface area contributed by atoms with E-state index >= 15 is 0 Å². The smallest absolute Gasteiger partial charge is 0.374 e. The number of rotatable bonds is 26. The van der Waals surface area contributed by atoms with E-state index in [1.54, 1.807) is 6.20 Å². The van der Waals surface area contributed by atoms with Crippen molar-refractivity contribution in [1.82, 2.24) is 4.98 Å². The van der Waals surface area contributed by atoms with Gasteiger partial charge in [0.05, 0.1) is 0 Å². The molecule has 236 valence electrons. The molecule has 0 radical (unpaired) electrons. The number of nitrogens with zero attached hydrogens (tertiary/aromatic N) is 1. The molecule has 0 aromatic carbocycles. The Labute approximate surface area is 264 Å². The van der Waals surface area contributed by atoms with Crippen molar-refractivity contribution < 1.29 is 13.3 Å². The first kappa shape index (κ1) is 40.3. The first-order valence-corrected chi connectivity index (χ1v) is 23.4. The van der Waals surface area contributed by atoms with Gasteiger partial charge in [0, 0.05) is 37.8 Å². The molecule has 0 unspecified atom stereocenters. The van der Waals surface area contributed by atoms with Gasteiger partial charge in [-0.2, -0.15) is 0 Å². The van der Waals surface area contributed by atoms with Crippen molar-refractivity contribution in [3.63, 3.8) is 0 Å². The molecule has 9 heteroatoms. The predicted molar refractivity (Wildman–Crippen MR) is 181 cm³/mol. The Morgan fingerprint density at radius 3 is 1.35 bits per heavy atom. The maximum absolute atomic E-state index is 5.93. The van der Waals surface area contributed by atoms with Gasteiger partial charge in [-0.3, -0.25) is 4.98 Å². The summed E-state index contributed by atoms with van der Waals surface area (Å²) in [5, 5.41) is 0. The number of pyridine rings is 1. The zero-order chi connectivity index (χ0) is 29.8. The van der Waals surface area contributed by atoms with Crippen LogP contribution >= 0.6 is 33.2 Å². The normalized spacial score (nSPS) is 11.9. The van der Waals surface area contributed by atoms with Gasteiger partial charge in [0.1, 0.15) is 0 Å². The van der Waals surface area contributed by atoms with Gasteiger partial charge in [0.25, 0.3) is 0 Å². The Balaban J connectivity index is 0.00000104. The molecule has 1 heterocycles. The van der Waals surface area contributed by atoms with Gasteiger partial charge in [-0.25, -0.2) is 0 Å². The molecule has 0 saturated carbocycles. The highest BCUT2D eigenvalue weighted by atomic mass is 35.8. The number of hydrogen-bond donors (Lipinski definition) is 0. The molecule has 1 aromatic heterocycles. The third-order valence-electron chi connectivity index (χ3n) is 6.82. The lowest BCUT2D eigenvalue weighted by Gasteiger charge is -2.28. The minimum Gasteiger partial charge on any atom is -0.374 e. The topological polar surface area (TPSA) is 40.6 Å². The van der Waals surface area contributed by atoms with E-state index in [-0.39, 0.29) is 0 Å². The van der Waals surface area contributed by atoms with Crippen molar-refractivity contribution in [1.29, 1.82) is 0 Å². The van der Waals surface area contributed by atoms with Crippen LogP contribution in [0.1, 0.15) is 136 Å². The Morgan fingerprint density at radius 2 is 1.00 bits per heavy atom. The summed E-state index contributed by atoms with van der Waals surface area (Å²) in [7, 11) is -2.40. The zero-order valence-corrected chi connectivity index (χ0v) is 30.4. The second-order valence-corrected chi connectivity index (χ2v) is 22.5. The number of hydrogen-bond acceptors (Lipinski definition) is 4. The highest BCUT2D eigenvalue weighted by molar-refractivity contribution is 7.64. The van der Waals surface area contributed by atoms with Gasteiger partial charge in [-0.05, 0) is 51.8 Å². The number of aromatic nitrogens is 1. The van der Waals surface area contributed by atoms with Crippen LogP contribution in [0.25, 0.3) is 0 Å². The zero-order valence-electron chi connectivity index (χ0n) is 26.2. The van der Waals surface area contributed by atoms with Gasteiger partial charge in [-0.1, -0.05) is 109 Å². The fraction of sp³-hybridized carbons (Fsp3) is 0.839. The van der Waals surface area contributed by atoms with Gasteiger partial charge in [-0.15, -0.1) is 33.2 Å². The Hall–Kier alpha value is 0.334. The van der Waals surface area contributed by atoms with Crippen molar-refractivity contribution in [2.75, 3.05) is 19.8 Å². The molecule has 0 aliphatic heterocycles. The van der Waals surface area contributed by atoms with Crippen molar-refractivity contribution in [2.45, 2.75) is 149 Å². The Kier molecular flexibility index (Phi) is 28.4. The molecule has 0 fully saturated rings. The summed E-state index contributed by atoms with van der Waals surface area (Å²) in [6.07, 6.45) is 24.9. The maximum atomic E-state index is 5.93. The molecule has 0 spiro atoms. The minimum atomic E-state index is -2.46. The van der Waals surface area contributed by atoms with E-state index in [4.69, 9.17) is 46.5 Å². The summed E-state index contributed by atoms with van der Waals surface area (Å²) in [6, 6.07) is 4.88. The van der Waals surface area contributed by atoms with Crippen molar-refractivity contribution in [3.8, 4) is 0 Å². The molecule has 1 rings (SSSR count). The first-order chi connectivity index (χ1) is 19.3. The van der Waals surface area contributed by atoms with E-state index in [0.717, 1.165) is 18.2 Å². The Bertz CT molecular complexity index is 637. The fourth-order valence-electron chi connectivity index (χ4n) is 4.71. The molecule has 0 N–H and O–H groups in total. The monoisotopic (exact) mass is 655 g/mol. The van der Waals surface area contributed by atoms with Crippen LogP contribution in [0.4, 0.5) is 0 Å². The molecule has 4 nitrogen and oxygen atoms in total. The van der Waals surface area contributed by atoms with E-state index in [1.807, 2.05) is 39.0 Å². The molecule has 0 aliphatic carbocycles. The van der Waals surface area contributed by atoms with Crippen LogP contribution < -0.4 is 0 Å². The van der Waals surface area contributed by atoms with E-state index in [9.17, 15) is 0 Å². The second-order valence-electron chi connectivity index (χ2n) is 10.5. The van der Waals surface area contributed by atoms with Gasteiger partial charge < -0.3 is 13.3 Å². The van der Waals surface area contributed by atoms with Crippen molar-refractivity contribution >= 4 is 48.0 Å². The van der Waals surface area contributed by atoms with Crippen LogP contribution in [0.2, 0.25) is 12.1 Å². The highest BCUT2D eigenvalue weighted by Crippen LogP contribution is 2.26. The van der Waals surface area contributed by atoms with Crippen LogP contribution in [0.5, 0.6) is 0 Å². The molecule has 0 saturated heterocycles. The first-order valence-electron chi connectivity index (χ1n) is 16.2. The third-order valence-corrected chi connectivity index (χ3v) is 12.5. The van der Waals surface area contributed by atoms with Gasteiger partial charge >= 0.3 is 14.8 Å². The van der Waals surface area contributed by atoms with E-state index < -0.39 is 14.8 Å². The van der Waals surface area contributed by atoms with Crippen molar-refractivity contribution in [3.05, 3.63) is 30.1 Å². The number of aryl methyl sites for hydroxylation is 1. The van der Waals surface area contributed by atoms with E-state index in [2.05, 4.69) is 11.9 Å². The standard InChI is InChI=1S/C24H52O3Si.C7H8Cl3NSi/c1-5-9-10-11-12-13-14-15-16-17-18-19-20-21-22-23-24-28(25-6-2,26-7-3)27-8-4;8-12(9,10)6-4-7-3-1-2-5-11-7/h5-24H2,1-4H3;1-3,5H,4,6H2. The van der Waals surface area contributed by atoms with Gasteiger partial charge in [0.2, 0.25) is 0 Å². The molecule has 1 aromatic rings. The molecule has 0 amide bonds.